The summed E-state index contributed by atoms with van der Waals surface area (Å²) in [4.78, 5) is 26.5. The molecule has 2 bridgehead atoms. The van der Waals surface area contributed by atoms with E-state index in [0.29, 0.717) is 23.1 Å². The number of nitrogens with two attached hydrogens (primary N) is 1. The zero-order valence-electron chi connectivity index (χ0n) is 16.3. The molecular formula is C20H31ClN4O2. The second-order valence-corrected chi connectivity index (χ2v) is 8.06. The van der Waals surface area contributed by atoms with Gasteiger partial charge in [-0.25, -0.2) is 4.79 Å². The number of nitrogens with one attached hydrogen (secondary N) is 2. The lowest BCUT2D eigenvalue weighted by molar-refractivity contribution is 0.0756. The molecule has 2 aliphatic rings. The van der Waals surface area contributed by atoms with Crippen LogP contribution < -0.4 is 16.4 Å². The van der Waals surface area contributed by atoms with Crippen LogP contribution in [-0.4, -0.2) is 43.0 Å². The van der Waals surface area contributed by atoms with Crippen molar-refractivity contribution in [3.05, 3.63) is 29.3 Å². The molecule has 3 rings (SSSR count). The first kappa shape index (κ1) is 21.5. The van der Waals surface area contributed by atoms with Crippen LogP contribution in [0.4, 0.5) is 10.5 Å². The fourth-order valence-corrected chi connectivity index (χ4v) is 4.44. The Morgan fingerprint density at radius 1 is 1.15 bits per heavy atom. The van der Waals surface area contributed by atoms with Gasteiger partial charge in [0.05, 0.1) is 11.3 Å². The Balaban J connectivity index is 0.00000261. The van der Waals surface area contributed by atoms with Gasteiger partial charge in [0, 0.05) is 26.2 Å². The van der Waals surface area contributed by atoms with Crippen molar-refractivity contribution in [1.82, 2.24) is 10.2 Å². The average Bonchev–Trinajstić information content (AvgIpc) is 2.57. The lowest BCUT2D eigenvalue weighted by atomic mass is 9.67. The highest BCUT2D eigenvalue weighted by Gasteiger charge is 2.40. The minimum atomic E-state index is -0.247. The van der Waals surface area contributed by atoms with Crippen LogP contribution in [0.5, 0.6) is 0 Å². The first-order valence-electron chi connectivity index (χ1n) is 9.50. The maximum absolute atomic E-state index is 13.0. The molecule has 0 aromatic heterocycles. The second kappa shape index (κ2) is 8.93. The molecule has 0 heterocycles. The van der Waals surface area contributed by atoms with Crippen molar-refractivity contribution >= 4 is 30.0 Å². The highest BCUT2D eigenvalue weighted by molar-refractivity contribution is 6.03. The molecule has 1 aromatic rings. The Hall–Kier alpha value is -1.79. The smallest absolute Gasteiger partial charge is 0.321 e. The Labute approximate surface area is 167 Å². The van der Waals surface area contributed by atoms with Crippen molar-refractivity contribution in [2.24, 2.45) is 17.6 Å². The van der Waals surface area contributed by atoms with Crippen LogP contribution in [0.15, 0.2) is 18.2 Å². The number of halogens is 1. The second-order valence-electron chi connectivity index (χ2n) is 8.06. The minimum absolute atomic E-state index is 0. The zero-order chi connectivity index (χ0) is 18.8. The number of rotatable bonds is 3. The van der Waals surface area contributed by atoms with Gasteiger partial charge in [0.1, 0.15) is 0 Å². The first-order valence-corrected chi connectivity index (χ1v) is 9.50. The third-order valence-corrected chi connectivity index (χ3v) is 5.74. The normalized spacial score (nSPS) is 26.5. The van der Waals surface area contributed by atoms with Crippen molar-refractivity contribution in [3.8, 4) is 0 Å². The molecule has 0 radical (unpaired) electrons. The van der Waals surface area contributed by atoms with Crippen LogP contribution in [0, 0.1) is 18.8 Å². The lowest BCUT2D eigenvalue weighted by Crippen LogP contribution is -2.53. The van der Waals surface area contributed by atoms with Gasteiger partial charge in [-0.15, -0.1) is 12.4 Å². The summed E-state index contributed by atoms with van der Waals surface area (Å²) in [7, 11) is 3.35. The Morgan fingerprint density at radius 2 is 1.78 bits per heavy atom. The first-order chi connectivity index (χ1) is 12.3. The van der Waals surface area contributed by atoms with Gasteiger partial charge >= 0.3 is 6.03 Å². The molecule has 2 fully saturated rings. The van der Waals surface area contributed by atoms with Crippen molar-refractivity contribution in [1.29, 1.82) is 0 Å². The van der Waals surface area contributed by atoms with Gasteiger partial charge in [0.2, 0.25) is 0 Å². The largest absolute Gasteiger partial charge is 0.349 e. The third kappa shape index (κ3) is 4.93. The predicted octanol–water partition coefficient (Wildman–Crippen LogP) is 3.15. The minimum Gasteiger partial charge on any atom is -0.349 e. The average molecular weight is 395 g/mol. The van der Waals surface area contributed by atoms with Gasteiger partial charge < -0.3 is 21.3 Å². The Morgan fingerprint density at radius 3 is 2.37 bits per heavy atom. The van der Waals surface area contributed by atoms with Crippen LogP contribution in [-0.2, 0) is 0 Å². The molecule has 2 unspecified atom stereocenters. The number of fused-ring (bicyclic) bond motifs is 2. The van der Waals surface area contributed by atoms with Crippen LogP contribution in [0.3, 0.4) is 0 Å². The van der Waals surface area contributed by atoms with Gasteiger partial charge in [-0.2, -0.15) is 0 Å². The number of anilines is 1. The van der Waals surface area contributed by atoms with E-state index in [1.165, 1.54) is 11.3 Å². The Kier molecular flexibility index (Phi) is 7.12. The summed E-state index contributed by atoms with van der Waals surface area (Å²) in [6.45, 7) is 1.95. The van der Waals surface area contributed by atoms with E-state index in [0.717, 1.165) is 31.2 Å². The highest BCUT2D eigenvalue weighted by atomic mass is 35.5. The highest BCUT2D eigenvalue weighted by Crippen LogP contribution is 2.39. The summed E-state index contributed by atoms with van der Waals surface area (Å²) in [5.41, 5.74) is 8.25. The van der Waals surface area contributed by atoms with E-state index in [9.17, 15) is 9.59 Å². The fraction of sp³-hybridized carbons (Fsp3) is 0.600. The standard InChI is InChI=1S/C20H30N4O2.ClH/c1-12-7-8-17(22-20(26)24(2)3)16(9-12)19(25)23-18-13-5-4-6-14(18)11-15(21)10-13;/h7-9,13-15,18H,4-6,10-11,21H2,1-3H3,(H,22,26)(H,23,25);1H. The topological polar surface area (TPSA) is 87.5 Å². The number of urea groups is 1. The molecule has 150 valence electrons. The van der Waals surface area contributed by atoms with E-state index in [4.69, 9.17) is 5.73 Å². The maximum atomic E-state index is 13.0. The third-order valence-electron chi connectivity index (χ3n) is 5.74. The predicted molar refractivity (Wildman–Crippen MR) is 110 cm³/mol. The summed E-state index contributed by atoms with van der Waals surface area (Å²) < 4.78 is 0. The van der Waals surface area contributed by atoms with Crippen LogP contribution in [0.1, 0.15) is 48.0 Å². The molecule has 1 aromatic carbocycles. The summed E-state index contributed by atoms with van der Waals surface area (Å²) >= 11 is 0. The van der Waals surface area contributed by atoms with Crippen LogP contribution in [0.2, 0.25) is 0 Å². The molecule has 0 spiro atoms. The van der Waals surface area contributed by atoms with Crippen molar-refractivity contribution in [2.45, 2.75) is 51.1 Å². The summed E-state index contributed by atoms with van der Waals surface area (Å²) in [5.74, 6) is 0.817. The lowest BCUT2D eigenvalue weighted by Gasteiger charge is -2.45. The molecule has 3 amide bonds. The van der Waals surface area contributed by atoms with E-state index in [2.05, 4.69) is 10.6 Å². The molecule has 6 nitrogen and oxygen atoms in total. The fourth-order valence-electron chi connectivity index (χ4n) is 4.44. The molecular weight excluding hydrogens is 364 g/mol. The molecule has 2 saturated carbocycles. The molecule has 0 aliphatic heterocycles. The number of carbonyl (C=O) groups is 2. The van der Waals surface area contributed by atoms with E-state index >= 15 is 0 Å². The van der Waals surface area contributed by atoms with E-state index in [-0.39, 0.29) is 36.4 Å². The number of amides is 3. The quantitative estimate of drug-likeness (QED) is 0.735. The SMILES string of the molecule is Cc1ccc(NC(=O)N(C)C)c(C(=O)NC2C3CCCC2CC(N)C3)c1.Cl. The number of benzene rings is 1. The van der Waals surface area contributed by atoms with Crippen molar-refractivity contribution < 1.29 is 9.59 Å². The molecule has 27 heavy (non-hydrogen) atoms. The van der Waals surface area contributed by atoms with Crippen molar-refractivity contribution in [3.63, 3.8) is 0 Å². The summed E-state index contributed by atoms with van der Waals surface area (Å²) in [6.07, 6.45) is 5.46. The van der Waals surface area contributed by atoms with Gasteiger partial charge in [-0.05, 0) is 56.6 Å². The number of nitrogens with zero attached hydrogens (tertiary/aromatic N) is 1. The molecule has 0 saturated heterocycles. The molecule has 2 aliphatic carbocycles. The number of aryl methyl sites for hydroxylation is 1. The van der Waals surface area contributed by atoms with Crippen molar-refractivity contribution in [2.75, 3.05) is 19.4 Å². The van der Waals surface area contributed by atoms with Gasteiger partial charge in [0.25, 0.3) is 5.91 Å². The number of hydrogen-bond donors (Lipinski definition) is 3. The summed E-state index contributed by atoms with van der Waals surface area (Å²) in [6, 6.07) is 5.73. The summed E-state index contributed by atoms with van der Waals surface area (Å²) in [5, 5.41) is 6.09. The van der Waals surface area contributed by atoms with Crippen LogP contribution >= 0.6 is 12.4 Å². The van der Waals surface area contributed by atoms with E-state index in [1.54, 1.807) is 20.2 Å². The molecule has 7 heteroatoms. The van der Waals surface area contributed by atoms with E-state index in [1.807, 2.05) is 19.1 Å². The zero-order valence-corrected chi connectivity index (χ0v) is 17.1. The Bertz CT molecular complexity index is 681. The number of carbonyl (C=O) groups excluding carboxylic acids is 2. The number of hydrogen-bond acceptors (Lipinski definition) is 3. The maximum Gasteiger partial charge on any atom is 0.321 e. The van der Waals surface area contributed by atoms with Gasteiger partial charge in [-0.1, -0.05) is 18.1 Å². The van der Waals surface area contributed by atoms with Gasteiger partial charge in [0.15, 0.2) is 0 Å². The van der Waals surface area contributed by atoms with E-state index < -0.39 is 0 Å². The monoisotopic (exact) mass is 394 g/mol. The molecule has 2 atom stereocenters. The van der Waals surface area contributed by atoms with Gasteiger partial charge in [-0.3, -0.25) is 4.79 Å². The van der Waals surface area contributed by atoms with Crippen LogP contribution in [0.25, 0.3) is 0 Å². The molecule has 4 N–H and O–H groups in total.